The maximum Gasteiger partial charge on any atom is -0.00922 e. The van der Waals surface area contributed by atoms with Crippen LogP contribution in [0.3, 0.4) is 0 Å². The van der Waals surface area contributed by atoms with E-state index in [1.54, 1.807) is 11.1 Å². The zero-order valence-corrected chi connectivity index (χ0v) is 6.35. The Morgan fingerprint density at radius 3 is 3.00 bits per heavy atom. The zero-order valence-electron chi connectivity index (χ0n) is 6.35. The lowest BCUT2D eigenvalue weighted by Gasteiger charge is -2.08. The highest BCUT2D eigenvalue weighted by Gasteiger charge is 2.12. The predicted molar refractivity (Wildman–Crippen MR) is 43.8 cm³/mol. The fourth-order valence-electron chi connectivity index (χ4n) is 1.68. The Balaban J connectivity index is 2.36. The average molecular weight is 132 g/mol. The molecule has 0 nitrogen and oxygen atoms in total. The highest BCUT2D eigenvalue weighted by Crippen LogP contribution is 2.32. The number of hydrogen-bond acceptors (Lipinski definition) is 0. The molecule has 2 aliphatic carbocycles. The van der Waals surface area contributed by atoms with Gasteiger partial charge in [-0.2, -0.15) is 0 Å². The van der Waals surface area contributed by atoms with E-state index in [0.717, 1.165) is 0 Å². The Labute approximate surface area is 61.9 Å². The molecule has 0 aromatic rings. The van der Waals surface area contributed by atoms with Gasteiger partial charge >= 0.3 is 0 Å². The Morgan fingerprint density at radius 1 is 1.20 bits per heavy atom. The molecule has 2 aliphatic rings. The summed E-state index contributed by atoms with van der Waals surface area (Å²) in [5.74, 6) is 0. The fourth-order valence-corrected chi connectivity index (χ4v) is 1.68. The summed E-state index contributed by atoms with van der Waals surface area (Å²) < 4.78 is 0. The second-order valence-corrected chi connectivity index (χ2v) is 3.09. The Hall–Kier alpha value is -0.780. The molecule has 52 valence electrons. The van der Waals surface area contributed by atoms with Gasteiger partial charge < -0.3 is 0 Å². The second kappa shape index (κ2) is 2.12. The van der Waals surface area contributed by atoms with E-state index in [-0.39, 0.29) is 0 Å². The first-order chi connectivity index (χ1) is 4.86. The van der Waals surface area contributed by atoms with Crippen molar-refractivity contribution >= 4 is 0 Å². The van der Waals surface area contributed by atoms with Gasteiger partial charge in [-0.05, 0) is 37.3 Å². The van der Waals surface area contributed by atoms with Gasteiger partial charge in [-0.1, -0.05) is 23.8 Å². The molecular weight excluding hydrogens is 120 g/mol. The predicted octanol–water partition coefficient (Wildman–Crippen LogP) is 2.98. The summed E-state index contributed by atoms with van der Waals surface area (Å²) in [6, 6.07) is 0. The van der Waals surface area contributed by atoms with E-state index in [0.29, 0.717) is 0 Å². The van der Waals surface area contributed by atoms with Crippen molar-refractivity contribution in [1.82, 2.24) is 0 Å². The molecular formula is C10H12. The van der Waals surface area contributed by atoms with E-state index in [9.17, 15) is 0 Å². The monoisotopic (exact) mass is 132 g/mol. The zero-order chi connectivity index (χ0) is 6.97. The van der Waals surface area contributed by atoms with Crippen LogP contribution in [0.25, 0.3) is 0 Å². The minimum atomic E-state index is 1.18. The minimum absolute atomic E-state index is 1.18. The van der Waals surface area contributed by atoms with E-state index in [1.807, 2.05) is 0 Å². The van der Waals surface area contributed by atoms with Gasteiger partial charge in [0.05, 0.1) is 0 Å². The molecule has 0 aromatic heterocycles. The van der Waals surface area contributed by atoms with Gasteiger partial charge in [0, 0.05) is 0 Å². The van der Waals surface area contributed by atoms with Crippen LogP contribution in [0.4, 0.5) is 0 Å². The third-order valence-corrected chi connectivity index (χ3v) is 2.26. The van der Waals surface area contributed by atoms with Crippen LogP contribution in [-0.4, -0.2) is 0 Å². The Kier molecular flexibility index (Phi) is 1.26. The van der Waals surface area contributed by atoms with Crippen LogP contribution in [0.1, 0.15) is 26.2 Å². The van der Waals surface area contributed by atoms with Crippen molar-refractivity contribution in [1.29, 1.82) is 0 Å². The molecule has 10 heavy (non-hydrogen) atoms. The van der Waals surface area contributed by atoms with Gasteiger partial charge in [-0.25, -0.2) is 0 Å². The molecule has 0 N–H and O–H groups in total. The van der Waals surface area contributed by atoms with Crippen molar-refractivity contribution in [3.8, 4) is 0 Å². The number of fused-ring (bicyclic) bond motifs is 1. The molecule has 0 radical (unpaired) electrons. The molecule has 0 saturated heterocycles. The van der Waals surface area contributed by atoms with Crippen LogP contribution in [0.2, 0.25) is 0 Å². The van der Waals surface area contributed by atoms with Crippen molar-refractivity contribution in [2.75, 3.05) is 0 Å². The van der Waals surface area contributed by atoms with Gasteiger partial charge in [-0.3, -0.25) is 0 Å². The van der Waals surface area contributed by atoms with Gasteiger partial charge in [0.2, 0.25) is 0 Å². The first kappa shape index (κ1) is 5.96. The highest BCUT2D eigenvalue weighted by molar-refractivity contribution is 5.45. The summed E-state index contributed by atoms with van der Waals surface area (Å²) in [4.78, 5) is 0. The van der Waals surface area contributed by atoms with Crippen molar-refractivity contribution in [2.24, 2.45) is 0 Å². The molecule has 0 saturated carbocycles. The normalized spacial score (nSPS) is 23.1. The molecule has 2 rings (SSSR count). The smallest absolute Gasteiger partial charge is 0.00922 e. The summed E-state index contributed by atoms with van der Waals surface area (Å²) in [6.45, 7) is 2.18. The molecule has 0 spiro atoms. The van der Waals surface area contributed by atoms with E-state index >= 15 is 0 Å². The Morgan fingerprint density at radius 2 is 2.10 bits per heavy atom. The number of allylic oxidation sites excluding steroid dienone is 6. The largest absolute Gasteiger partial charge is 0.0804 e. The van der Waals surface area contributed by atoms with Gasteiger partial charge in [0.15, 0.2) is 0 Å². The van der Waals surface area contributed by atoms with Crippen LogP contribution in [-0.2, 0) is 0 Å². The topological polar surface area (TPSA) is 0 Å². The quantitative estimate of drug-likeness (QED) is 0.475. The van der Waals surface area contributed by atoms with Gasteiger partial charge in [0.1, 0.15) is 0 Å². The maximum absolute atomic E-state index is 2.37. The SMILES string of the molecule is CC1=CCC2=CCCC2=C1. The molecule has 0 amide bonds. The molecule has 0 aliphatic heterocycles. The minimum Gasteiger partial charge on any atom is -0.0804 e. The molecule has 0 atom stereocenters. The van der Waals surface area contributed by atoms with Crippen LogP contribution in [0.15, 0.2) is 34.9 Å². The molecule has 0 heterocycles. The van der Waals surface area contributed by atoms with Crippen LogP contribution in [0, 0.1) is 0 Å². The standard InChI is InChI=1S/C10H12/c1-8-5-6-9-3-2-4-10(9)7-8/h3,5,7H,2,4,6H2,1H3. The van der Waals surface area contributed by atoms with Crippen molar-refractivity contribution in [2.45, 2.75) is 26.2 Å². The van der Waals surface area contributed by atoms with Crippen molar-refractivity contribution < 1.29 is 0 Å². The molecule has 0 aromatic carbocycles. The lowest BCUT2D eigenvalue weighted by molar-refractivity contribution is 1.04. The Bertz CT molecular complexity index is 239. The lowest BCUT2D eigenvalue weighted by Crippen LogP contribution is -1.89. The average Bonchev–Trinajstić information content (AvgIpc) is 2.33. The molecule has 0 fully saturated rings. The number of rotatable bonds is 0. The first-order valence-corrected chi connectivity index (χ1v) is 3.93. The third-order valence-electron chi connectivity index (χ3n) is 2.26. The van der Waals surface area contributed by atoms with Gasteiger partial charge in [-0.15, -0.1) is 0 Å². The summed E-state index contributed by atoms with van der Waals surface area (Å²) in [6.07, 6.45) is 10.7. The van der Waals surface area contributed by atoms with E-state index < -0.39 is 0 Å². The van der Waals surface area contributed by atoms with Crippen molar-refractivity contribution in [3.63, 3.8) is 0 Å². The lowest BCUT2D eigenvalue weighted by atomic mass is 9.97. The van der Waals surface area contributed by atoms with E-state index in [4.69, 9.17) is 0 Å². The third kappa shape index (κ3) is 0.841. The van der Waals surface area contributed by atoms with E-state index in [1.165, 1.54) is 24.8 Å². The maximum atomic E-state index is 2.37. The molecule has 0 unspecified atom stereocenters. The number of hydrogen-bond donors (Lipinski definition) is 0. The van der Waals surface area contributed by atoms with E-state index in [2.05, 4.69) is 25.2 Å². The van der Waals surface area contributed by atoms with Crippen LogP contribution >= 0.6 is 0 Å². The summed E-state index contributed by atoms with van der Waals surface area (Å²) in [5.41, 5.74) is 4.60. The van der Waals surface area contributed by atoms with Gasteiger partial charge in [0.25, 0.3) is 0 Å². The van der Waals surface area contributed by atoms with Crippen molar-refractivity contribution in [3.05, 3.63) is 34.9 Å². The summed E-state index contributed by atoms with van der Waals surface area (Å²) >= 11 is 0. The molecule has 0 heteroatoms. The van der Waals surface area contributed by atoms with Crippen LogP contribution in [0.5, 0.6) is 0 Å². The summed E-state index contributed by atoms with van der Waals surface area (Å²) in [7, 11) is 0. The fraction of sp³-hybridized carbons (Fsp3) is 0.400. The first-order valence-electron chi connectivity index (χ1n) is 3.93. The van der Waals surface area contributed by atoms with Crippen LogP contribution < -0.4 is 0 Å². The second-order valence-electron chi connectivity index (χ2n) is 3.09. The summed E-state index contributed by atoms with van der Waals surface area (Å²) in [5, 5.41) is 0. The molecule has 0 bridgehead atoms. The highest BCUT2D eigenvalue weighted by atomic mass is 14.2.